The van der Waals surface area contributed by atoms with E-state index in [9.17, 15) is 18.4 Å². The smallest absolute Gasteiger partial charge is 0.253 e. The summed E-state index contributed by atoms with van der Waals surface area (Å²) in [5.41, 5.74) is 1.63. The molecule has 0 saturated carbocycles. The molecule has 2 aliphatic rings. The number of anilines is 2. The molecule has 1 fully saturated rings. The molecule has 3 heterocycles. The molecule has 3 aromatic rings. The summed E-state index contributed by atoms with van der Waals surface area (Å²) in [6, 6.07) is 9.82. The lowest BCUT2D eigenvalue weighted by molar-refractivity contribution is -0.124. The van der Waals surface area contributed by atoms with E-state index in [-0.39, 0.29) is 18.0 Å². The van der Waals surface area contributed by atoms with Crippen LogP contribution >= 0.6 is 0 Å². The van der Waals surface area contributed by atoms with E-state index in [1.54, 1.807) is 9.47 Å². The minimum absolute atomic E-state index is 0.129. The van der Waals surface area contributed by atoms with Crippen LogP contribution in [0.2, 0.25) is 0 Å². The molecule has 2 aromatic carbocycles. The molecular formula is C23H23F2N5O3. The summed E-state index contributed by atoms with van der Waals surface area (Å²) in [6.07, 6.45) is -0.154. The van der Waals surface area contributed by atoms with E-state index in [0.717, 1.165) is 36.3 Å². The Morgan fingerprint density at radius 1 is 1.09 bits per heavy atom. The molecular weight excluding hydrogens is 432 g/mol. The van der Waals surface area contributed by atoms with Crippen LogP contribution in [0.4, 0.5) is 20.4 Å². The molecule has 1 unspecified atom stereocenters. The fraction of sp³-hybridized carbons (Fsp3) is 0.348. The molecule has 1 saturated heterocycles. The second kappa shape index (κ2) is 8.87. The van der Waals surface area contributed by atoms with E-state index in [2.05, 4.69) is 15.2 Å². The van der Waals surface area contributed by atoms with Gasteiger partial charge < -0.3 is 10.1 Å². The largest absolute Gasteiger partial charge is 0.379 e. The Morgan fingerprint density at radius 3 is 2.67 bits per heavy atom. The molecule has 0 aliphatic carbocycles. The third-order valence-electron chi connectivity index (χ3n) is 6.01. The predicted molar refractivity (Wildman–Crippen MR) is 118 cm³/mol. The highest BCUT2D eigenvalue weighted by Gasteiger charge is 2.40. The zero-order valence-electron chi connectivity index (χ0n) is 17.8. The highest BCUT2D eigenvalue weighted by molar-refractivity contribution is 6.05. The van der Waals surface area contributed by atoms with Crippen molar-refractivity contribution < 1.29 is 23.1 Å². The fourth-order valence-corrected chi connectivity index (χ4v) is 4.33. The number of carbonyl (C=O) groups is 2. The number of imidazole rings is 1. The number of morpholine rings is 1. The van der Waals surface area contributed by atoms with Crippen LogP contribution in [-0.2, 0) is 14.3 Å². The van der Waals surface area contributed by atoms with Gasteiger partial charge in [-0.3, -0.25) is 24.0 Å². The number of benzene rings is 2. The van der Waals surface area contributed by atoms with Crippen molar-refractivity contribution in [2.24, 2.45) is 0 Å². The number of fused-ring (bicyclic) bond motifs is 3. The molecule has 0 radical (unpaired) electrons. The summed E-state index contributed by atoms with van der Waals surface area (Å²) in [7, 11) is 0. The van der Waals surface area contributed by atoms with Gasteiger partial charge in [0.25, 0.3) is 5.91 Å². The predicted octanol–water partition coefficient (Wildman–Crippen LogP) is 2.56. The second-order valence-electron chi connectivity index (χ2n) is 8.11. The number of halogens is 2. The minimum Gasteiger partial charge on any atom is -0.379 e. The summed E-state index contributed by atoms with van der Waals surface area (Å²) >= 11 is 0. The Labute approximate surface area is 188 Å². The van der Waals surface area contributed by atoms with Crippen LogP contribution in [-0.4, -0.2) is 65.7 Å². The first-order chi connectivity index (χ1) is 16.0. The molecule has 10 heteroatoms. The summed E-state index contributed by atoms with van der Waals surface area (Å²) in [4.78, 5) is 34.6. The quantitative estimate of drug-likeness (QED) is 0.618. The van der Waals surface area contributed by atoms with E-state index < -0.39 is 23.6 Å². The fourth-order valence-electron chi connectivity index (χ4n) is 4.33. The summed E-state index contributed by atoms with van der Waals surface area (Å²) in [5.74, 6) is -2.22. The van der Waals surface area contributed by atoms with Gasteiger partial charge in [-0.15, -0.1) is 0 Å². The van der Waals surface area contributed by atoms with Gasteiger partial charge in [0.2, 0.25) is 11.9 Å². The third-order valence-corrected chi connectivity index (χ3v) is 6.01. The number of amides is 2. The number of carbonyl (C=O) groups excluding carboxylic acids is 2. The Hall–Kier alpha value is -3.37. The molecule has 172 valence electrons. The highest BCUT2D eigenvalue weighted by atomic mass is 19.2. The monoisotopic (exact) mass is 455 g/mol. The van der Waals surface area contributed by atoms with E-state index in [0.29, 0.717) is 32.3 Å². The van der Waals surface area contributed by atoms with Crippen molar-refractivity contribution in [3.8, 4) is 0 Å². The molecule has 5 rings (SSSR count). The van der Waals surface area contributed by atoms with Gasteiger partial charge in [0.05, 0.1) is 30.7 Å². The van der Waals surface area contributed by atoms with Gasteiger partial charge in [0.1, 0.15) is 6.04 Å². The summed E-state index contributed by atoms with van der Waals surface area (Å²) < 4.78 is 33.9. The summed E-state index contributed by atoms with van der Waals surface area (Å²) in [6.45, 7) is 4.06. The van der Waals surface area contributed by atoms with Crippen molar-refractivity contribution in [1.29, 1.82) is 0 Å². The minimum atomic E-state index is -1.05. The number of para-hydroxylation sites is 2. The van der Waals surface area contributed by atoms with Crippen LogP contribution in [0.3, 0.4) is 0 Å². The van der Waals surface area contributed by atoms with Gasteiger partial charge in [0, 0.05) is 37.9 Å². The van der Waals surface area contributed by atoms with Crippen LogP contribution in [0.5, 0.6) is 0 Å². The van der Waals surface area contributed by atoms with Crippen LogP contribution in [0.15, 0.2) is 42.5 Å². The second-order valence-corrected chi connectivity index (χ2v) is 8.11. The topological polar surface area (TPSA) is 79.7 Å². The third kappa shape index (κ3) is 4.19. The van der Waals surface area contributed by atoms with E-state index in [1.807, 2.05) is 24.3 Å². The number of nitrogens with one attached hydrogen (secondary N) is 1. The lowest BCUT2D eigenvalue weighted by Gasteiger charge is -2.28. The van der Waals surface area contributed by atoms with Gasteiger partial charge in [0.15, 0.2) is 11.6 Å². The van der Waals surface area contributed by atoms with Crippen molar-refractivity contribution in [3.05, 3.63) is 54.1 Å². The van der Waals surface area contributed by atoms with Crippen LogP contribution in [0.1, 0.15) is 12.5 Å². The molecule has 2 aliphatic heterocycles. The normalized spacial score (nSPS) is 18.7. The molecule has 0 bridgehead atoms. The SMILES string of the molecule is O=C(CC1C(=O)N(CCN2CCOCC2)c2nc3ccccc3n21)Nc1ccc(F)c(F)c1. The first kappa shape index (κ1) is 21.5. The first-order valence-corrected chi connectivity index (χ1v) is 10.8. The van der Waals surface area contributed by atoms with Gasteiger partial charge in [-0.25, -0.2) is 13.8 Å². The van der Waals surface area contributed by atoms with E-state index >= 15 is 0 Å². The Kier molecular flexibility index (Phi) is 5.77. The Bertz CT molecular complexity index is 1210. The average Bonchev–Trinajstić information content (AvgIpc) is 3.30. The molecule has 8 nitrogen and oxygen atoms in total. The van der Waals surface area contributed by atoms with Crippen LogP contribution in [0.25, 0.3) is 11.0 Å². The number of aromatic nitrogens is 2. The van der Waals surface area contributed by atoms with Gasteiger partial charge in [-0.1, -0.05) is 12.1 Å². The van der Waals surface area contributed by atoms with Crippen molar-refractivity contribution in [2.75, 3.05) is 49.6 Å². The molecule has 1 aromatic heterocycles. The van der Waals surface area contributed by atoms with Crippen LogP contribution in [0, 0.1) is 11.6 Å². The molecule has 1 atom stereocenters. The lowest BCUT2D eigenvalue weighted by Crippen LogP contribution is -2.42. The average molecular weight is 455 g/mol. The zero-order chi connectivity index (χ0) is 22.9. The van der Waals surface area contributed by atoms with E-state index in [1.165, 1.54) is 6.07 Å². The number of rotatable bonds is 6. The molecule has 2 amide bonds. The highest BCUT2D eigenvalue weighted by Crippen LogP contribution is 2.36. The zero-order valence-corrected chi connectivity index (χ0v) is 17.8. The molecule has 0 spiro atoms. The molecule has 1 N–H and O–H groups in total. The number of hydrogen-bond acceptors (Lipinski definition) is 5. The number of hydrogen-bond donors (Lipinski definition) is 1. The van der Waals surface area contributed by atoms with Gasteiger partial charge in [-0.2, -0.15) is 0 Å². The van der Waals surface area contributed by atoms with Crippen molar-refractivity contribution in [2.45, 2.75) is 12.5 Å². The lowest BCUT2D eigenvalue weighted by atomic mass is 10.1. The Balaban J connectivity index is 1.38. The maximum Gasteiger partial charge on any atom is 0.253 e. The van der Waals surface area contributed by atoms with Crippen molar-refractivity contribution >= 4 is 34.5 Å². The van der Waals surface area contributed by atoms with Gasteiger partial charge in [-0.05, 0) is 24.3 Å². The van der Waals surface area contributed by atoms with E-state index in [4.69, 9.17) is 4.74 Å². The maximum absolute atomic E-state index is 13.5. The molecule has 33 heavy (non-hydrogen) atoms. The Morgan fingerprint density at radius 2 is 1.88 bits per heavy atom. The standard InChI is InChI=1S/C23H23F2N5O3/c24-16-6-5-15(13-17(16)25)26-21(31)14-20-22(32)29(8-7-28-9-11-33-12-10-28)23-27-18-3-1-2-4-19(18)30(20)23/h1-6,13,20H,7-12,14H2,(H,26,31). The maximum atomic E-state index is 13.5. The first-order valence-electron chi connectivity index (χ1n) is 10.8. The number of nitrogens with zero attached hydrogens (tertiary/aromatic N) is 4. The van der Waals surface area contributed by atoms with Crippen molar-refractivity contribution in [3.63, 3.8) is 0 Å². The number of ether oxygens (including phenoxy) is 1. The van der Waals surface area contributed by atoms with Crippen LogP contribution < -0.4 is 10.2 Å². The van der Waals surface area contributed by atoms with Gasteiger partial charge >= 0.3 is 0 Å². The summed E-state index contributed by atoms with van der Waals surface area (Å²) in [5, 5.41) is 2.55. The van der Waals surface area contributed by atoms with Crippen molar-refractivity contribution in [1.82, 2.24) is 14.5 Å².